The van der Waals surface area contributed by atoms with E-state index in [0.29, 0.717) is 0 Å². The molecule has 4 fully saturated rings. The maximum atomic E-state index is 12.4. The van der Waals surface area contributed by atoms with Crippen LogP contribution in [0.4, 0.5) is 11.6 Å². The Morgan fingerprint density at radius 1 is 1.03 bits per heavy atom. The molecule has 7 N–H and O–H groups in total. The molecule has 9 atom stereocenters. The number of anilines is 2. The van der Waals surface area contributed by atoms with Crippen LogP contribution in [-0.2, 0) is 39.8 Å². The number of aromatic nitrogens is 4. The zero-order valence-electron chi connectivity index (χ0n) is 20.0. The summed E-state index contributed by atoms with van der Waals surface area (Å²) in [6.07, 6.45) is -3.61. The minimum atomic E-state index is -4.10. The minimum absolute atomic E-state index is 0.0119. The Labute approximate surface area is 224 Å². The Morgan fingerprint density at radius 2 is 1.56 bits per heavy atom. The van der Waals surface area contributed by atoms with Crippen LogP contribution >= 0.6 is 6.72 Å². The van der Waals surface area contributed by atoms with E-state index in [1.807, 2.05) is 0 Å². The van der Waals surface area contributed by atoms with Gasteiger partial charge in [-0.05, 0) is 23.9 Å². The van der Waals surface area contributed by atoms with Gasteiger partial charge in [-0.1, -0.05) is 0 Å². The molecule has 0 saturated carbocycles. The first-order valence-corrected chi connectivity index (χ1v) is 14.3. The summed E-state index contributed by atoms with van der Waals surface area (Å²) in [7, 11) is 0. The lowest BCUT2D eigenvalue weighted by atomic mass is 10.0. The Morgan fingerprint density at radius 3 is 2.15 bits per heavy atom. The van der Waals surface area contributed by atoms with E-state index in [2.05, 4.69) is 9.97 Å². The molecule has 39 heavy (non-hydrogen) atoms. The zero-order chi connectivity index (χ0) is 27.7. The molecule has 0 amide bonds. The van der Waals surface area contributed by atoms with E-state index in [1.54, 1.807) is 0 Å². The zero-order valence-corrected chi connectivity index (χ0v) is 21.7. The second kappa shape index (κ2) is 9.35. The molecular formula is C20H25N6O11PS. The summed E-state index contributed by atoms with van der Waals surface area (Å²) < 4.78 is 36.9. The van der Waals surface area contributed by atoms with Gasteiger partial charge >= 0.3 is 18.1 Å². The van der Waals surface area contributed by atoms with Crippen LogP contribution in [0, 0.1) is 0 Å². The van der Waals surface area contributed by atoms with Gasteiger partial charge in [0.05, 0.1) is 26.4 Å². The van der Waals surface area contributed by atoms with Gasteiger partial charge in [-0.3, -0.25) is 13.7 Å². The van der Waals surface area contributed by atoms with Crippen molar-refractivity contribution < 1.29 is 43.1 Å². The summed E-state index contributed by atoms with van der Waals surface area (Å²) in [4.78, 5) is 42.9. The molecule has 0 aromatic carbocycles. The molecule has 17 nitrogen and oxygen atoms in total. The predicted octanol–water partition coefficient (Wildman–Crippen LogP) is -3.03. The molecule has 2 aromatic heterocycles. The number of hydrogen-bond acceptors (Lipinski definition) is 15. The number of ether oxygens (including phenoxy) is 4. The van der Waals surface area contributed by atoms with Crippen molar-refractivity contribution in [3.05, 3.63) is 45.5 Å². The second-order valence-corrected chi connectivity index (χ2v) is 12.4. The molecule has 0 radical (unpaired) electrons. The lowest BCUT2D eigenvalue weighted by Gasteiger charge is -2.33. The van der Waals surface area contributed by atoms with Crippen molar-refractivity contribution in [1.29, 1.82) is 0 Å². The molecule has 2 aromatic rings. The summed E-state index contributed by atoms with van der Waals surface area (Å²) in [5.41, 5.74) is 6.75. The fraction of sp³-hybridized carbons (Fsp3) is 0.600. The van der Waals surface area contributed by atoms with Crippen molar-refractivity contribution in [3.63, 3.8) is 0 Å². The third-order valence-corrected chi connectivity index (χ3v) is 8.74. The van der Waals surface area contributed by atoms with Crippen LogP contribution in [0.5, 0.6) is 0 Å². The van der Waals surface area contributed by atoms with Gasteiger partial charge in [-0.2, -0.15) is 9.97 Å². The Kier molecular flexibility index (Phi) is 6.44. The Hall–Kier alpha value is -2.35. The highest BCUT2D eigenvalue weighted by Crippen LogP contribution is 2.56. The molecule has 6 heterocycles. The van der Waals surface area contributed by atoms with Crippen molar-refractivity contribution in [1.82, 2.24) is 19.1 Å². The van der Waals surface area contributed by atoms with Crippen LogP contribution in [0.15, 0.2) is 34.1 Å². The van der Waals surface area contributed by atoms with Crippen LogP contribution in [0.1, 0.15) is 12.5 Å². The number of fused-ring (bicyclic) bond motifs is 4. The summed E-state index contributed by atoms with van der Waals surface area (Å²) in [6.45, 7) is -5.35. The van der Waals surface area contributed by atoms with E-state index in [0.717, 1.165) is 9.13 Å². The smallest absolute Gasteiger partial charge is 0.351 e. The van der Waals surface area contributed by atoms with Gasteiger partial charge in [-0.15, -0.1) is 0 Å². The second-order valence-electron chi connectivity index (χ2n) is 9.65. The standard InChI is InChI=1S/C20H25N6O11PS/c21-9-1-3-25(17(29)23-9)15-11-13(28)20(36-15,7-32-11)8-34-38(31,39)37-14-12-16(35-19(14,5-27)6-33-12)26-4-2-10(22)24-18(26)30/h1-4,11-16,27-28H,5-8H2,(H,31,39)(H2,21,23,29)(H2,22,24,30)/t11-,12-,13?,14?,15+,16+,19-,20+,38?/m0/s1. The quantitative estimate of drug-likeness (QED) is 0.193. The van der Waals surface area contributed by atoms with Crippen molar-refractivity contribution in [2.75, 3.05) is 37.9 Å². The molecule has 4 aliphatic rings. The number of rotatable bonds is 8. The van der Waals surface area contributed by atoms with Gasteiger partial charge in [0.1, 0.15) is 47.3 Å². The maximum absolute atomic E-state index is 12.4. The third kappa shape index (κ3) is 4.32. The molecule has 4 aliphatic heterocycles. The number of nitrogens with two attached hydrogens (primary N) is 2. The van der Waals surface area contributed by atoms with Crippen LogP contribution in [0.2, 0.25) is 0 Å². The first-order valence-electron chi connectivity index (χ1n) is 11.7. The van der Waals surface area contributed by atoms with Crippen LogP contribution in [-0.4, -0.2) is 96.3 Å². The molecular weight excluding hydrogens is 563 g/mol. The van der Waals surface area contributed by atoms with Gasteiger partial charge in [0, 0.05) is 12.4 Å². The topological polar surface area (TPSA) is 238 Å². The van der Waals surface area contributed by atoms with Gasteiger partial charge < -0.3 is 50.0 Å². The fourth-order valence-corrected chi connectivity index (χ4v) is 6.71. The number of aliphatic hydroxyl groups excluding tert-OH is 2. The molecule has 4 bridgehead atoms. The normalized spacial score (nSPS) is 38.3. The Bertz CT molecular complexity index is 1460. The number of hydrogen-bond donors (Lipinski definition) is 5. The predicted molar refractivity (Wildman–Crippen MR) is 131 cm³/mol. The monoisotopic (exact) mass is 588 g/mol. The highest BCUT2D eigenvalue weighted by molar-refractivity contribution is 8.07. The highest BCUT2D eigenvalue weighted by Gasteiger charge is 2.65. The third-order valence-electron chi connectivity index (χ3n) is 7.22. The Balaban J connectivity index is 1.18. The largest absolute Gasteiger partial charge is 0.393 e. The van der Waals surface area contributed by atoms with Crippen LogP contribution in [0.3, 0.4) is 0 Å². The van der Waals surface area contributed by atoms with E-state index >= 15 is 0 Å². The summed E-state index contributed by atoms with van der Waals surface area (Å²) in [5.74, 6) is 0.0316. The van der Waals surface area contributed by atoms with Crippen molar-refractivity contribution in [2.24, 2.45) is 0 Å². The molecule has 0 aliphatic carbocycles. The van der Waals surface area contributed by atoms with Gasteiger partial charge in [0.15, 0.2) is 12.5 Å². The molecule has 4 saturated heterocycles. The summed E-state index contributed by atoms with van der Waals surface area (Å²) in [6, 6.07) is 2.79. The fourth-order valence-electron chi connectivity index (χ4n) is 5.23. The molecule has 0 spiro atoms. The van der Waals surface area contributed by atoms with Crippen molar-refractivity contribution in [3.8, 4) is 0 Å². The first-order chi connectivity index (χ1) is 18.5. The van der Waals surface area contributed by atoms with E-state index in [4.69, 9.17) is 51.3 Å². The molecule has 6 rings (SSSR count). The molecule has 212 valence electrons. The minimum Gasteiger partial charge on any atom is -0.393 e. The van der Waals surface area contributed by atoms with Gasteiger partial charge in [-0.25, -0.2) is 9.59 Å². The van der Waals surface area contributed by atoms with Crippen LogP contribution < -0.4 is 22.8 Å². The summed E-state index contributed by atoms with van der Waals surface area (Å²) >= 11 is 5.23. The van der Waals surface area contributed by atoms with Crippen molar-refractivity contribution in [2.45, 2.75) is 48.1 Å². The van der Waals surface area contributed by atoms with E-state index in [9.17, 15) is 24.7 Å². The van der Waals surface area contributed by atoms with Crippen molar-refractivity contribution >= 4 is 30.2 Å². The molecule has 19 heteroatoms. The van der Waals surface area contributed by atoms with E-state index in [1.165, 1.54) is 24.5 Å². The van der Waals surface area contributed by atoms with E-state index < -0.39 is 79.4 Å². The average molecular weight is 588 g/mol. The number of nitrogen functional groups attached to an aromatic ring is 2. The lowest BCUT2D eigenvalue weighted by molar-refractivity contribution is -0.188. The van der Waals surface area contributed by atoms with Gasteiger partial charge in [0.25, 0.3) is 0 Å². The number of nitrogens with zero attached hydrogens (tertiary/aromatic N) is 4. The maximum Gasteiger partial charge on any atom is 0.351 e. The SMILES string of the molecule is Nc1ccn([C@@H]2O[C@@]3(COP(O)(=S)OC4[C@@H]5OC[C@]4(CO)O[C@H]5n4ccc(N)nc4=O)CO[C@H]2C3O)c(=O)n1. The average Bonchev–Trinajstić information content (AvgIpc) is 3.57. The molecule has 3 unspecified atom stereocenters. The number of aliphatic hydroxyl groups is 2. The van der Waals surface area contributed by atoms with Gasteiger partial charge in [0.2, 0.25) is 0 Å². The lowest BCUT2D eigenvalue weighted by Crippen LogP contribution is -2.46. The first kappa shape index (κ1) is 26.9. The van der Waals surface area contributed by atoms with E-state index in [-0.39, 0.29) is 24.8 Å². The summed E-state index contributed by atoms with van der Waals surface area (Å²) in [5, 5.41) is 21.0. The van der Waals surface area contributed by atoms with Crippen LogP contribution in [0.25, 0.3) is 0 Å². The highest BCUT2D eigenvalue weighted by atomic mass is 32.5.